The lowest BCUT2D eigenvalue weighted by atomic mass is 10.2. The molecule has 1 aliphatic heterocycles. The SMILES string of the molecule is Cc1ccc(S(=O)(=O)c2ccc(CN3CCNCC3)cc2)cc1.Cl.Cl. The summed E-state index contributed by atoms with van der Waals surface area (Å²) in [5, 5.41) is 3.33. The third-order valence-electron chi connectivity index (χ3n) is 4.18. The molecule has 4 nitrogen and oxygen atoms in total. The minimum absolute atomic E-state index is 0. The largest absolute Gasteiger partial charge is 0.314 e. The monoisotopic (exact) mass is 402 g/mol. The summed E-state index contributed by atoms with van der Waals surface area (Å²) in [6.45, 7) is 6.90. The highest BCUT2D eigenvalue weighted by molar-refractivity contribution is 7.91. The fourth-order valence-corrected chi connectivity index (χ4v) is 4.02. The fourth-order valence-electron chi connectivity index (χ4n) is 2.75. The maximum atomic E-state index is 12.6. The van der Waals surface area contributed by atoms with Gasteiger partial charge in [0.1, 0.15) is 0 Å². The molecule has 1 N–H and O–H groups in total. The van der Waals surface area contributed by atoms with Gasteiger partial charge >= 0.3 is 0 Å². The van der Waals surface area contributed by atoms with Crippen molar-refractivity contribution in [3.05, 3.63) is 59.7 Å². The van der Waals surface area contributed by atoms with E-state index in [0.717, 1.165) is 43.9 Å². The fraction of sp³-hybridized carbons (Fsp3) is 0.333. The molecule has 2 aromatic rings. The molecule has 0 amide bonds. The van der Waals surface area contributed by atoms with Crippen molar-refractivity contribution < 1.29 is 8.42 Å². The molecule has 0 spiro atoms. The van der Waals surface area contributed by atoms with E-state index < -0.39 is 9.84 Å². The van der Waals surface area contributed by atoms with Gasteiger partial charge in [0.05, 0.1) is 9.79 Å². The number of sulfone groups is 1. The van der Waals surface area contributed by atoms with Crippen LogP contribution in [-0.4, -0.2) is 39.5 Å². The average molecular weight is 403 g/mol. The van der Waals surface area contributed by atoms with E-state index in [1.54, 1.807) is 24.3 Å². The maximum Gasteiger partial charge on any atom is 0.206 e. The van der Waals surface area contributed by atoms with Gasteiger partial charge in [0.15, 0.2) is 0 Å². The Kier molecular flexibility index (Phi) is 8.38. The normalized spacial score (nSPS) is 15.1. The van der Waals surface area contributed by atoms with Crippen LogP contribution in [0.15, 0.2) is 58.3 Å². The number of aryl methyl sites for hydroxylation is 1. The van der Waals surface area contributed by atoms with Crippen molar-refractivity contribution in [3.63, 3.8) is 0 Å². The Labute approximate surface area is 162 Å². The third-order valence-corrected chi connectivity index (χ3v) is 5.97. The van der Waals surface area contributed by atoms with E-state index in [1.807, 2.05) is 31.2 Å². The van der Waals surface area contributed by atoms with E-state index in [9.17, 15) is 8.42 Å². The zero-order chi connectivity index (χ0) is 16.3. The van der Waals surface area contributed by atoms with E-state index in [4.69, 9.17) is 0 Å². The van der Waals surface area contributed by atoms with Crippen molar-refractivity contribution >= 4 is 34.7 Å². The average Bonchev–Trinajstić information content (AvgIpc) is 2.57. The molecule has 0 unspecified atom stereocenters. The smallest absolute Gasteiger partial charge is 0.206 e. The van der Waals surface area contributed by atoms with Crippen LogP contribution in [0.5, 0.6) is 0 Å². The predicted octanol–water partition coefficient (Wildman–Crippen LogP) is 3.08. The van der Waals surface area contributed by atoms with E-state index in [0.29, 0.717) is 9.79 Å². The third kappa shape index (κ3) is 5.43. The van der Waals surface area contributed by atoms with E-state index in [-0.39, 0.29) is 24.8 Å². The highest BCUT2D eigenvalue weighted by Crippen LogP contribution is 2.22. The number of halogens is 2. The van der Waals surface area contributed by atoms with Gasteiger partial charge in [0.2, 0.25) is 9.84 Å². The standard InChI is InChI=1S/C18H22N2O2S.2ClH/c1-15-2-6-17(7-3-15)23(21,22)18-8-4-16(5-9-18)14-20-12-10-19-11-13-20;;/h2-9,19H,10-14H2,1H3;2*1H. The molecule has 0 atom stereocenters. The lowest BCUT2D eigenvalue weighted by Crippen LogP contribution is -2.42. The molecular weight excluding hydrogens is 379 g/mol. The summed E-state index contributed by atoms with van der Waals surface area (Å²) in [5.41, 5.74) is 2.20. The number of hydrogen-bond acceptors (Lipinski definition) is 4. The van der Waals surface area contributed by atoms with E-state index >= 15 is 0 Å². The molecule has 2 aromatic carbocycles. The lowest BCUT2D eigenvalue weighted by molar-refractivity contribution is 0.233. The second-order valence-electron chi connectivity index (χ2n) is 5.99. The molecule has 3 rings (SSSR count). The number of rotatable bonds is 4. The van der Waals surface area contributed by atoms with Crippen molar-refractivity contribution in [1.29, 1.82) is 0 Å². The summed E-state index contributed by atoms with van der Waals surface area (Å²) in [5.74, 6) is 0. The van der Waals surface area contributed by atoms with Crippen LogP contribution in [-0.2, 0) is 16.4 Å². The Morgan fingerprint density at radius 2 is 1.36 bits per heavy atom. The van der Waals surface area contributed by atoms with Gasteiger partial charge in [0, 0.05) is 32.7 Å². The molecule has 0 bridgehead atoms. The zero-order valence-electron chi connectivity index (χ0n) is 14.1. The Bertz CT molecular complexity index is 757. The number of nitrogens with one attached hydrogen (secondary N) is 1. The second-order valence-corrected chi connectivity index (χ2v) is 7.94. The molecule has 0 radical (unpaired) electrons. The maximum absolute atomic E-state index is 12.6. The second kappa shape index (κ2) is 9.55. The summed E-state index contributed by atoms with van der Waals surface area (Å²) in [4.78, 5) is 3.07. The molecule has 1 heterocycles. The predicted molar refractivity (Wildman–Crippen MR) is 106 cm³/mol. The Balaban J connectivity index is 0.00000156. The van der Waals surface area contributed by atoms with Crippen LogP contribution in [0.2, 0.25) is 0 Å². The van der Waals surface area contributed by atoms with Crippen molar-refractivity contribution in [2.75, 3.05) is 26.2 Å². The van der Waals surface area contributed by atoms with Crippen molar-refractivity contribution in [2.24, 2.45) is 0 Å². The summed E-state index contributed by atoms with van der Waals surface area (Å²) < 4.78 is 25.3. The summed E-state index contributed by atoms with van der Waals surface area (Å²) in [7, 11) is -3.43. The lowest BCUT2D eigenvalue weighted by Gasteiger charge is -2.27. The Hall–Kier alpha value is -1.11. The molecule has 7 heteroatoms. The summed E-state index contributed by atoms with van der Waals surface area (Å²) in [6, 6.07) is 14.3. The van der Waals surface area contributed by atoms with Crippen LogP contribution in [0.1, 0.15) is 11.1 Å². The first-order valence-corrected chi connectivity index (χ1v) is 9.38. The molecule has 1 fully saturated rings. The molecular formula is C18H24Cl2N2O2S. The number of nitrogens with zero attached hydrogens (tertiary/aromatic N) is 1. The first kappa shape index (κ1) is 21.9. The molecule has 0 saturated carbocycles. The van der Waals surface area contributed by atoms with Crippen LogP contribution >= 0.6 is 24.8 Å². The molecule has 1 saturated heterocycles. The molecule has 138 valence electrons. The van der Waals surface area contributed by atoms with Gasteiger partial charge in [-0.2, -0.15) is 0 Å². The number of benzene rings is 2. The summed E-state index contributed by atoms with van der Waals surface area (Å²) in [6.07, 6.45) is 0. The van der Waals surface area contributed by atoms with Gasteiger partial charge in [0.25, 0.3) is 0 Å². The van der Waals surface area contributed by atoms with Gasteiger partial charge in [-0.05, 0) is 36.8 Å². The van der Waals surface area contributed by atoms with Gasteiger partial charge in [-0.15, -0.1) is 24.8 Å². The van der Waals surface area contributed by atoms with Crippen LogP contribution in [0.4, 0.5) is 0 Å². The van der Waals surface area contributed by atoms with Crippen molar-refractivity contribution in [2.45, 2.75) is 23.3 Å². The first-order valence-electron chi connectivity index (χ1n) is 7.89. The van der Waals surface area contributed by atoms with Crippen LogP contribution in [0.3, 0.4) is 0 Å². The zero-order valence-corrected chi connectivity index (χ0v) is 16.6. The van der Waals surface area contributed by atoms with Crippen LogP contribution in [0.25, 0.3) is 0 Å². The number of piperazine rings is 1. The highest BCUT2D eigenvalue weighted by Gasteiger charge is 2.17. The highest BCUT2D eigenvalue weighted by atomic mass is 35.5. The van der Waals surface area contributed by atoms with Crippen LogP contribution < -0.4 is 5.32 Å². The molecule has 0 aromatic heterocycles. The van der Waals surface area contributed by atoms with Crippen molar-refractivity contribution in [1.82, 2.24) is 10.2 Å². The molecule has 25 heavy (non-hydrogen) atoms. The molecule has 0 aliphatic carbocycles. The summed E-state index contributed by atoms with van der Waals surface area (Å²) >= 11 is 0. The quantitative estimate of drug-likeness (QED) is 0.853. The molecule has 1 aliphatic rings. The topological polar surface area (TPSA) is 49.4 Å². The minimum Gasteiger partial charge on any atom is -0.314 e. The number of hydrogen-bond donors (Lipinski definition) is 1. The minimum atomic E-state index is -3.43. The Morgan fingerprint density at radius 1 is 0.880 bits per heavy atom. The van der Waals surface area contributed by atoms with Gasteiger partial charge in [-0.3, -0.25) is 4.90 Å². The van der Waals surface area contributed by atoms with Gasteiger partial charge < -0.3 is 5.32 Å². The van der Waals surface area contributed by atoms with Gasteiger partial charge in [-0.1, -0.05) is 29.8 Å². The van der Waals surface area contributed by atoms with Gasteiger partial charge in [-0.25, -0.2) is 8.42 Å². The van der Waals surface area contributed by atoms with E-state index in [1.165, 1.54) is 0 Å². The van der Waals surface area contributed by atoms with E-state index in [2.05, 4.69) is 10.2 Å². The first-order chi connectivity index (χ1) is 11.1. The Morgan fingerprint density at radius 3 is 1.88 bits per heavy atom. The van der Waals surface area contributed by atoms with Crippen LogP contribution in [0, 0.1) is 6.92 Å². The van der Waals surface area contributed by atoms with Crippen molar-refractivity contribution in [3.8, 4) is 0 Å².